The quantitative estimate of drug-likeness (QED) is 0.427. The van der Waals surface area contributed by atoms with Gasteiger partial charge in [-0.2, -0.15) is 0 Å². The Morgan fingerprint density at radius 2 is 1.81 bits per heavy atom. The van der Waals surface area contributed by atoms with Crippen LogP contribution in [0.3, 0.4) is 0 Å². The largest absolute Gasteiger partial charge is 0.461 e. The lowest BCUT2D eigenvalue weighted by Crippen LogP contribution is -2.08. The summed E-state index contributed by atoms with van der Waals surface area (Å²) in [6, 6.07) is 17.6. The number of fused-ring (bicyclic) bond motifs is 3. The second-order valence-corrected chi connectivity index (χ2v) is 6.68. The van der Waals surface area contributed by atoms with E-state index < -0.39 is 5.97 Å². The molecule has 2 aromatic carbocycles. The van der Waals surface area contributed by atoms with Crippen LogP contribution in [0.5, 0.6) is 0 Å². The number of ether oxygens (including phenoxy) is 1. The van der Waals surface area contributed by atoms with Crippen LogP contribution in [0, 0.1) is 0 Å². The number of carbonyl (C=O) groups excluding carboxylic acids is 1. The first-order valence-corrected chi connectivity index (χ1v) is 9.36. The van der Waals surface area contributed by atoms with E-state index >= 15 is 0 Å². The standard InChI is InChI=1S/C22H19ClN2O2/c1-3-25-19-8-6-5-7-16(19)17-13-18(22(26)27-4-2)24-20(21(17)25)14-9-11-15(23)12-10-14/h5-13H,3-4H2,1-2H3. The maximum Gasteiger partial charge on any atom is 0.356 e. The van der Waals surface area contributed by atoms with Gasteiger partial charge in [0.05, 0.1) is 17.8 Å². The van der Waals surface area contributed by atoms with Crippen molar-refractivity contribution in [2.45, 2.75) is 20.4 Å². The van der Waals surface area contributed by atoms with E-state index in [9.17, 15) is 4.79 Å². The summed E-state index contributed by atoms with van der Waals surface area (Å²) in [6.07, 6.45) is 0. The van der Waals surface area contributed by atoms with E-state index in [1.165, 1.54) is 0 Å². The molecule has 2 aromatic heterocycles. The number of carbonyl (C=O) groups is 1. The van der Waals surface area contributed by atoms with Gasteiger partial charge in [0.2, 0.25) is 0 Å². The zero-order valence-corrected chi connectivity index (χ0v) is 16.0. The van der Waals surface area contributed by atoms with E-state index in [0.29, 0.717) is 17.3 Å². The van der Waals surface area contributed by atoms with Crippen molar-refractivity contribution in [2.75, 3.05) is 6.61 Å². The Kier molecular flexibility index (Phi) is 4.58. The highest BCUT2D eigenvalue weighted by Crippen LogP contribution is 2.36. The molecule has 0 atom stereocenters. The molecule has 0 aliphatic rings. The average molecular weight is 379 g/mol. The topological polar surface area (TPSA) is 44.1 Å². The molecule has 0 saturated carbocycles. The molecule has 0 saturated heterocycles. The lowest BCUT2D eigenvalue weighted by atomic mass is 10.1. The molecule has 5 heteroatoms. The lowest BCUT2D eigenvalue weighted by Gasteiger charge is -2.10. The molecule has 136 valence electrons. The molecule has 0 spiro atoms. The minimum atomic E-state index is -0.414. The number of nitrogens with zero attached hydrogens (tertiary/aromatic N) is 2. The first-order chi connectivity index (χ1) is 13.1. The van der Waals surface area contributed by atoms with E-state index in [4.69, 9.17) is 16.3 Å². The Labute approximate surface area is 162 Å². The molecule has 0 N–H and O–H groups in total. The minimum Gasteiger partial charge on any atom is -0.461 e. The summed E-state index contributed by atoms with van der Waals surface area (Å²) in [5.41, 5.74) is 4.11. The van der Waals surface area contributed by atoms with Crippen molar-refractivity contribution >= 4 is 39.4 Å². The number of benzene rings is 2. The summed E-state index contributed by atoms with van der Waals surface area (Å²) in [5.74, 6) is -0.414. The Morgan fingerprint density at radius 3 is 2.52 bits per heavy atom. The van der Waals surface area contributed by atoms with Crippen molar-refractivity contribution in [1.29, 1.82) is 0 Å². The summed E-state index contributed by atoms with van der Waals surface area (Å²) >= 11 is 6.06. The zero-order chi connectivity index (χ0) is 19.0. The molecule has 0 radical (unpaired) electrons. The van der Waals surface area contributed by atoms with Gasteiger partial charge in [0.1, 0.15) is 5.69 Å². The third kappa shape index (κ3) is 2.96. The monoisotopic (exact) mass is 378 g/mol. The first kappa shape index (κ1) is 17.6. The van der Waals surface area contributed by atoms with Crippen molar-refractivity contribution in [2.24, 2.45) is 0 Å². The fourth-order valence-corrected chi connectivity index (χ4v) is 3.65. The van der Waals surface area contributed by atoms with Gasteiger partial charge in [0.25, 0.3) is 0 Å². The van der Waals surface area contributed by atoms with Crippen molar-refractivity contribution in [3.8, 4) is 11.3 Å². The van der Waals surface area contributed by atoms with E-state index in [1.807, 2.05) is 42.5 Å². The summed E-state index contributed by atoms with van der Waals surface area (Å²) in [4.78, 5) is 17.1. The number of aromatic nitrogens is 2. The molecular formula is C22H19ClN2O2. The number of para-hydroxylation sites is 1. The van der Waals surface area contributed by atoms with Gasteiger partial charge in [-0.15, -0.1) is 0 Å². The Hall–Kier alpha value is -2.85. The average Bonchev–Trinajstić information content (AvgIpc) is 3.02. The summed E-state index contributed by atoms with van der Waals surface area (Å²) in [5, 5.41) is 2.75. The fourth-order valence-electron chi connectivity index (χ4n) is 3.52. The molecule has 4 aromatic rings. The van der Waals surface area contributed by atoms with Crippen molar-refractivity contribution < 1.29 is 9.53 Å². The number of rotatable bonds is 4. The Balaban J connectivity index is 2.12. The molecule has 27 heavy (non-hydrogen) atoms. The van der Waals surface area contributed by atoms with Crippen LogP contribution >= 0.6 is 11.6 Å². The molecular weight excluding hydrogens is 360 g/mol. The van der Waals surface area contributed by atoms with Crippen LogP contribution < -0.4 is 0 Å². The molecule has 4 rings (SSSR count). The summed E-state index contributed by atoms with van der Waals surface area (Å²) in [6.45, 7) is 5.01. The van der Waals surface area contributed by atoms with Crippen molar-refractivity contribution in [3.05, 3.63) is 65.3 Å². The number of pyridine rings is 1. The van der Waals surface area contributed by atoms with E-state index in [-0.39, 0.29) is 0 Å². The smallest absolute Gasteiger partial charge is 0.356 e. The van der Waals surface area contributed by atoms with Crippen LogP contribution in [0.25, 0.3) is 33.1 Å². The van der Waals surface area contributed by atoms with Crippen LogP contribution in [0.2, 0.25) is 5.02 Å². The second-order valence-electron chi connectivity index (χ2n) is 6.24. The maximum atomic E-state index is 12.4. The van der Waals surface area contributed by atoms with E-state index in [0.717, 1.165) is 39.6 Å². The Morgan fingerprint density at radius 1 is 1.07 bits per heavy atom. The first-order valence-electron chi connectivity index (χ1n) is 8.99. The van der Waals surface area contributed by atoms with Gasteiger partial charge >= 0.3 is 5.97 Å². The molecule has 0 fully saturated rings. The van der Waals surface area contributed by atoms with Gasteiger partial charge in [0, 0.05) is 33.4 Å². The normalized spacial score (nSPS) is 11.2. The van der Waals surface area contributed by atoms with Crippen LogP contribution in [-0.2, 0) is 11.3 Å². The van der Waals surface area contributed by atoms with Crippen LogP contribution in [0.4, 0.5) is 0 Å². The summed E-state index contributed by atoms with van der Waals surface area (Å²) in [7, 11) is 0. The van der Waals surface area contributed by atoms with Gasteiger partial charge in [-0.3, -0.25) is 0 Å². The highest BCUT2D eigenvalue weighted by atomic mass is 35.5. The number of hydrogen-bond donors (Lipinski definition) is 0. The van der Waals surface area contributed by atoms with Gasteiger partial charge in [-0.05, 0) is 38.1 Å². The third-order valence-electron chi connectivity index (χ3n) is 4.67. The van der Waals surface area contributed by atoms with Gasteiger partial charge in [0.15, 0.2) is 0 Å². The van der Waals surface area contributed by atoms with Gasteiger partial charge < -0.3 is 9.30 Å². The second kappa shape index (κ2) is 7.05. The fraction of sp³-hybridized carbons (Fsp3) is 0.182. The highest BCUT2D eigenvalue weighted by molar-refractivity contribution is 6.30. The summed E-state index contributed by atoms with van der Waals surface area (Å²) < 4.78 is 7.44. The molecule has 0 amide bonds. The molecule has 0 aliphatic carbocycles. The maximum absolute atomic E-state index is 12.4. The third-order valence-corrected chi connectivity index (χ3v) is 4.92. The van der Waals surface area contributed by atoms with Gasteiger partial charge in [-0.1, -0.05) is 41.9 Å². The van der Waals surface area contributed by atoms with Gasteiger partial charge in [-0.25, -0.2) is 9.78 Å². The van der Waals surface area contributed by atoms with Crippen molar-refractivity contribution in [3.63, 3.8) is 0 Å². The minimum absolute atomic E-state index is 0.311. The molecule has 0 aliphatic heterocycles. The SMILES string of the molecule is CCOC(=O)c1cc2c3ccccc3n(CC)c2c(-c2ccc(Cl)cc2)n1. The number of hydrogen-bond acceptors (Lipinski definition) is 3. The predicted molar refractivity (Wildman–Crippen MR) is 109 cm³/mol. The zero-order valence-electron chi connectivity index (χ0n) is 15.2. The van der Waals surface area contributed by atoms with Crippen LogP contribution in [-0.4, -0.2) is 22.1 Å². The molecule has 4 nitrogen and oxygen atoms in total. The highest BCUT2D eigenvalue weighted by Gasteiger charge is 2.20. The molecule has 0 unspecified atom stereocenters. The van der Waals surface area contributed by atoms with Crippen molar-refractivity contribution in [1.82, 2.24) is 9.55 Å². The predicted octanol–water partition coefficient (Wildman–Crippen LogP) is 5.71. The molecule has 0 bridgehead atoms. The molecule has 2 heterocycles. The van der Waals surface area contributed by atoms with Crippen LogP contribution in [0.15, 0.2) is 54.6 Å². The number of esters is 1. The number of halogens is 1. The number of aryl methyl sites for hydroxylation is 1. The lowest BCUT2D eigenvalue weighted by molar-refractivity contribution is 0.0520. The van der Waals surface area contributed by atoms with E-state index in [1.54, 1.807) is 6.92 Å². The van der Waals surface area contributed by atoms with Crippen LogP contribution in [0.1, 0.15) is 24.3 Å². The Bertz CT molecular complexity index is 1150. The van der Waals surface area contributed by atoms with E-state index in [2.05, 4.69) is 28.6 Å².